The van der Waals surface area contributed by atoms with Gasteiger partial charge in [-0.15, -0.1) is 12.4 Å². The van der Waals surface area contributed by atoms with E-state index in [4.69, 9.17) is 15.2 Å². The van der Waals surface area contributed by atoms with E-state index < -0.39 is 29.1 Å². The van der Waals surface area contributed by atoms with Crippen molar-refractivity contribution in [3.8, 4) is 11.5 Å². The van der Waals surface area contributed by atoms with Crippen LogP contribution in [0.15, 0.2) is 60.7 Å². The number of carbonyl (C=O) groups is 3. The van der Waals surface area contributed by atoms with Crippen molar-refractivity contribution in [1.29, 1.82) is 0 Å². The fourth-order valence-electron chi connectivity index (χ4n) is 5.86. The highest BCUT2D eigenvalue weighted by atomic mass is 35.5. The maximum Gasteiger partial charge on any atom is 0.322 e. The smallest absolute Gasteiger partial charge is 0.322 e. The standard InChI is InChI=1S/C35H41F2N5O5.ClH/c1-2-3-14-42(35(45)39-32-21-29(33(38)43)30(36)22-31(32)37)26-12-15-40(16-13-26)23-24-4-8-27(9-5-24)47-28-10-6-25(7-11-28)34(44)41-17-19-46-20-18-41;/h4-11,21-22,26H,2-3,12-20,23H2,1H3,(H2,38,43)(H,39,45);1H. The van der Waals surface area contributed by atoms with Gasteiger partial charge in [0.1, 0.15) is 23.1 Å². The number of morpholine rings is 1. The first-order valence-corrected chi connectivity index (χ1v) is 16.0. The molecule has 3 aromatic carbocycles. The molecule has 258 valence electrons. The minimum atomic E-state index is -1.07. The minimum Gasteiger partial charge on any atom is -0.457 e. The van der Waals surface area contributed by atoms with E-state index in [1.807, 2.05) is 31.2 Å². The quantitative estimate of drug-likeness (QED) is 0.254. The molecule has 2 aliphatic heterocycles. The summed E-state index contributed by atoms with van der Waals surface area (Å²) in [5, 5.41) is 2.52. The number of hydrogen-bond donors (Lipinski definition) is 2. The lowest BCUT2D eigenvalue weighted by Crippen LogP contribution is -2.49. The van der Waals surface area contributed by atoms with Crippen molar-refractivity contribution in [1.82, 2.24) is 14.7 Å². The minimum absolute atomic E-state index is 0. The second-order valence-corrected chi connectivity index (χ2v) is 11.8. The lowest BCUT2D eigenvalue weighted by atomic mass is 10.0. The number of carbonyl (C=O) groups excluding carboxylic acids is 3. The van der Waals surface area contributed by atoms with Crippen LogP contribution in [0.2, 0.25) is 0 Å². The molecular weight excluding hydrogens is 644 g/mol. The predicted molar refractivity (Wildman–Crippen MR) is 181 cm³/mol. The Balaban J connectivity index is 0.00000520. The number of halogens is 3. The number of urea groups is 1. The van der Waals surface area contributed by atoms with Gasteiger partial charge in [0.2, 0.25) is 0 Å². The fourth-order valence-corrected chi connectivity index (χ4v) is 5.86. The van der Waals surface area contributed by atoms with Gasteiger partial charge in [-0.25, -0.2) is 13.6 Å². The van der Waals surface area contributed by atoms with Crippen molar-refractivity contribution >= 4 is 35.9 Å². The number of nitrogens with two attached hydrogens (primary N) is 1. The number of nitrogens with zero attached hydrogens (tertiary/aromatic N) is 3. The van der Waals surface area contributed by atoms with E-state index in [9.17, 15) is 23.2 Å². The van der Waals surface area contributed by atoms with E-state index in [2.05, 4.69) is 10.2 Å². The topological polar surface area (TPSA) is 117 Å². The van der Waals surface area contributed by atoms with E-state index in [1.165, 1.54) is 0 Å². The number of amides is 4. The van der Waals surface area contributed by atoms with Crippen LogP contribution < -0.4 is 15.8 Å². The van der Waals surface area contributed by atoms with E-state index >= 15 is 0 Å². The van der Waals surface area contributed by atoms with Gasteiger partial charge in [-0.05, 0) is 67.3 Å². The van der Waals surface area contributed by atoms with Gasteiger partial charge in [0.05, 0.1) is 24.5 Å². The van der Waals surface area contributed by atoms with Gasteiger partial charge in [-0.2, -0.15) is 0 Å². The molecule has 0 atom stereocenters. The molecule has 2 fully saturated rings. The Hall–Kier alpha value is -4.26. The molecule has 5 rings (SSSR count). The molecule has 48 heavy (non-hydrogen) atoms. The summed E-state index contributed by atoms with van der Waals surface area (Å²) in [6, 6.07) is 16.0. The van der Waals surface area contributed by atoms with Crippen LogP contribution in [0.5, 0.6) is 11.5 Å². The lowest BCUT2D eigenvalue weighted by Gasteiger charge is -2.38. The first-order chi connectivity index (χ1) is 22.7. The van der Waals surface area contributed by atoms with Gasteiger partial charge in [-0.1, -0.05) is 25.5 Å². The third-order valence-corrected chi connectivity index (χ3v) is 8.54. The van der Waals surface area contributed by atoms with Crippen molar-refractivity contribution in [2.45, 2.75) is 45.2 Å². The van der Waals surface area contributed by atoms with Gasteiger partial charge in [0.25, 0.3) is 11.8 Å². The van der Waals surface area contributed by atoms with Crippen molar-refractivity contribution < 1.29 is 32.6 Å². The largest absolute Gasteiger partial charge is 0.457 e. The van der Waals surface area contributed by atoms with E-state index in [1.54, 1.807) is 34.1 Å². The Kier molecular flexibility index (Phi) is 13.1. The highest BCUT2D eigenvalue weighted by Gasteiger charge is 2.29. The van der Waals surface area contributed by atoms with Crippen LogP contribution in [0.25, 0.3) is 0 Å². The molecular formula is C35H42ClF2N5O5. The average molecular weight is 686 g/mol. The summed E-state index contributed by atoms with van der Waals surface area (Å²) in [7, 11) is 0. The maximum absolute atomic E-state index is 14.4. The van der Waals surface area contributed by atoms with Crippen LogP contribution in [0.1, 0.15) is 58.9 Å². The number of unbranched alkanes of at least 4 members (excludes halogenated alkanes) is 1. The second kappa shape index (κ2) is 17.2. The molecule has 4 amide bonds. The molecule has 0 unspecified atom stereocenters. The molecule has 3 aromatic rings. The highest BCUT2D eigenvalue weighted by molar-refractivity contribution is 5.96. The predicted octanol–water partition coefficient (Wildman–Crippen LogP) is 6.05. The van der Waals surface area contributed by atoms with Gasteiger partial charge >= 0.3 is 6.03 Å². The summed E-state index contributed by atoms with van der Waals surface area (Å²) in [5.41, 5.74) is 6.17. The Labute approximate surface area is 285 Å². The molecule has 0 aliphatic carbocycles. The normalized spacial score (nSPS) is 15.4. The number of rotatable bonds is 11. The van der Waals surface area contributed by atoms with Crippen LogP contribution in [0.4, 0.5) is 19.3 Å². The fraction of sp³-hybridized carbons (Fsp3) is 0.400. The molecule has 2 heterocycles. The Bertz CT molecular complexity index is 1550. The summed E-state index contributed by atoms with van der Waals surface area (Å²) in [5.74, 6) is -1.77. The zero-order chi connectivity index (χ0) is 33.3. The Morgan fingerprint density at radius 3 is 2.17 bits per heavy atom. The molecule has 0 spiro atoms. The summed E-state index contributed by atoms with van der Waals surface area (Å²) < 4.78 is 39.7. The number of ether oxygens (including phenoxy) is 2. The monoisotopic (exact) mass is 685 g/mol. The van der Waals surface area contributed by atoms with Gasteiger partial charge < -0.3 is 30.3 Å². The summed E-state index contributed by atoms with van der Waals surface area (Å²) >= 11 is 0. The van der Waals surface area contributed by atoms with Crippen LogP contribution in [0, 0.1) is 11.6 Å². The van der Waals surface area contributed by atoms with Gasteiger partial charge in [0, 0.05) is 56.9 Å². The summed E-state index contributed by atoms with van der Waals surface area (Å²) in [6.07, 6.45) is 3.12. The van der Waals surface area contributed by atoms with Crippen LogP contribution in [0.3, 0.4) is 0 Å². The molecule has 0 bridgehead atoms. The highest BCUT2D eigenvalue weighted by Crippen LogP contribution is 2.26. The third-order valence-electron chi connectivity index (χ3n) is 8.54. The van der Waals surface area contributed by atoms with Crippen LogP contribution >= 0.6 is 12.4 Å². The molecule has 2 saturated heterocycles. The molecule has 13 heteroatoms. The lowest BCUT2D eigenvalue weighted by molar-refractivity contribution is 0.0303. The third kappa shape index (κ3) is 9.42. The molecule has 0 aromatic heterocycles. The molecule has 2 aliphatic rings. The van der Waals surface area contributed by atoms with E-state index in [0.29, 0.717) is 56.0 Å². The maximum atomic E-state index is 14.4. The van der Waals surface area contributed by atoms with Gasteiger partial charge in [0.15, 0.2) is 0 Å². The Morgan fingerprint density at radius 2 is 1.56 bits per heavy atom. The van der Waals surface area contributed by atoms with Crippen LogP contribution in [-0.2, 0) is 11.3 Å². The summed E-state index contributed by atoms with van der Waals surface area (Å²) in [6.45, 7) is 7.11. The zero-order valence-electron chi connectivity index (χ0n) is 27.0. The number of hydrogen-bond acceptors (Lipinski definition) is 6. The van der Waals surface area contributed by atoms with Crippen molar-refractivity contribution in [3.63, 3.8) is 0 Å². The number of nitrogens with one attached hydrogen (secondary N) is 1. The second-order valence-electron chi connectivity index (χ2n) is 11.8. The zero-order valence-corrected chi connectivity index (χ0v) is 27.8. The first kappa shape index (κ1) is 36.6. The van der Waals surface area contributed by atoms with Crippen LogP contribution in [-0.4, -0.2) is 84.5 Å². The molecule has 0 radical (unpaired) electrons. The number of likely N-dealkylation sites (tertiary alicyclic amines) is 1. The number of piperidine rings is 1. The Morgan fingerprint density at radius 1 is 0.938 bits per heavy atom. The molecule has 3 N–H and O–H groups in total. The number of anilines is 1. The van der Waals surface area contributed by atoms with E-state index in [-0.39, 0.29) is 30.0 Å². The molecule has 0 saturated carbocycles. The van der Waals surface area contributed by atoms with E-state index in [0.717, 1.165) is 56.9 Å². The molecule has 10 nitrogen and oxygen atoms in total. The number of benzene rings is 3. The van der Waals surface area contributed by atoms with Crippen molar-refractivity contribution in [3.05, 3.63) is 89.0 Å². The van der Waals surface area contributed by atoms with Gasteiger partial charge in [-0.3, -0.25) is 14.5 Å². The number of primary amides is 1. The first-order valence-electron chi connectivity index (χ1n) is 16.0. The SMILES string of the molecule is CCCCN(C(=O)Nc1cc(C(N)=O)c(F)cc1F)C1CCN(Cc2ccc(Oc3ccc(C(=O)N4CCOCC4)cc3)cc2)CC1.Cl. The average Bonchev–Trinajstić information content (AvgIpc) is 3.08. The van der Waals surface area contributed by atoms with Crippen molar-refractivity contribution in [2.24, 2.45) is 5.73 Å². The summed E-state index contributed by atoms with van der Waals surface area (Å²) in [4.78, 5) is 43.3. The van der Waals surface area contributed by atoms with Crippen molar-refractivity contribution in [2.75, 3.05) is 51.3 Å².